The van der Waals surface area contributed by atoms with Gasteiger partial charge in [0.15, 0.2) is 5.13 Å². The molecule has 0 aliphatic carbocycles. The molecule has 0 radical (unpaired) electrons. The van der Waals surface area contributed by atoms with E-state index in [2.05, 4.69) is 20.3 Å². The molecule has 0 saturated heterocycles. The van der Waals surface area contributed by atoms with Crippen LogP contribution in [0.5, 0.6) is 0 Å². The maximum absolute atomic E-state index is 12.3. The zero-order valence-corrected chi connectivity index (χ0v) is 15.5. The molecular weight excluding hydrogens is 364 g/mol. The second kappa shape index (κ2) is 7.72. The molecule has 0 saturated carbocycles. The van der Waals surface area contributed by atoms with E-state index < -0.39 is 22.0 Å². The van der Waals surface area contributed by atoms with E-state index in [0.717, 1.165) is 4.88 Å². The Bertz CT molecular complexity index is 875. The minimum atomic E-state index is -3.88. The van der Waals surface area contributed by atoms with Gasteiger partial charge in [-0.2, -0.15) is 4.72 Å². The van der Waals surface area contributed by atoms with Crippen molar-refractivity contribution in [2.45, 2.75) is 31.7 Å². The lowest BCUT2D eigenvalue weighted by Crippen LogP contribution is -2.41. The summed E-state index contributed by atoms with van der Waals surface area (Å²) in [6, 6.07) is 4.66. The fourth-order valence-corrected chi connectivity index (χ4v) is 3.77. The van der Waals surface area contributed by atoms with Gasteiger partial charge in [0.05, 0.1) is 10.9 Å². The molecule has 0 spiro atoms. The number of nitrogens with zero attached hydrogens (tertiary/aromatic N) is 1. The van der Waals surface area contributed by atoms with Crippen LogP contribution in [0.3, 0.4) is 0 Å². The first-order chi connectivity index (χ1) is 11.7. The van der Waals surface area contributed by atoms with Crippen molar-refractivity contribution in [3.05, 3.63) is 35.3 Å². The Morgan fingerprint density at radius 1 is 1.16 bits per heavy atom. The molecule has 3 N–H and O–H groups in total. The van der Waals surface area contributed by atoms with Gasteiger partial charge in [-0.3, -0.25) is 9.59 Å². The average molecular weight is 382 g/mol. The van der Waals surface area contributed by atoms with Crippen LogP contribution in [-0.2, 0) is 19.6 Å². The van der Waals surface area contributed by atoms with Crippen LogP contribution < -0.4 is 15.4 Å². The Balaban J connectivity index is 2.03. The SMILES string of the molecule is CC(=O)Nc1ccc(S(=O)(=O)N[C@@H](C)C(=O)Nc2ncc(C)s2)cc1. The van der Waals surface area contributed by atoms with Crippen molar-refractivity contribution >= 4 is 44.0 Å². The maximum Gasteiger partial charge on any atom is 0.244 e. The number of sulfonamides is 1. The highest BCUT2D eigenvalue weighted by Crippen LogP contribution is 2.17. The van der Waals surface area contributed by atoms with Gasteiger partial charge in [0.1, 0.15) is 0 Å². The second-order valence-corrected chi connectivity index (χ2v) is 8.26. The third kappa shape index (κ3) is 5.34. The number of rotatable bonds is 6. The number of carbonyl (C=O) groups excluding carboxylic acids is 2. The summed E-state index contributed by atoms with van der Waals surface area (Å²) in [5, 5.41) is 5.52. The number of hydrogen-bond acceptors (Lipinski definition) is 6. The van der Waals surface area contributed by atoms with Crippen molar-refractivity contribution in [1.82, 2.24) is 9.71 Å². The molecule has 134 valence electrons. The van der Waals surface area contributed by atoms with E-state index in [0.29, 0.717) is 10.8 Å². The molecule has 0 bridgehead atoms. The highest BCUT2D eigenvalue weighted by atomic mass is 32.2. The highest BCUT2D eigenvalue weighted by molar-refractivity contribution is 7.89. The summed E-state index contributed by atoms with van der Waals surface area (Å²) in [4.78, 5) is 28.0. The van der Waals surface area contributed by atoms with E-state index >= 15 is 0 Å². The standard InChI is InChI=1S/C15H18N4O4S2/c1-9-8-16-15(24-9)18-14(21)10(2)19-25(22,23)13-6-4-12(5-7-13)17-11(3)20/h4-8,10,19H,1-3H3,(H,17,20)(H,16,18,21)/t10-/m0/s1. The molecule has 0 aliphatic heterocycles. The first kappa shape index (κ1) is 19.0. The molecular formula is C15H18N4O4S2. The number of aryl methyl sites for hydroxylation is 1. The van der Waals surface area contributed by atoms with Crippen molar-refractivity contribution in [3.63, 3.8) is 0 Å². The zero-order chi connectivity index (χ0) is 18.6. The predicted molar refractivity (Wildman–Crippen MR) is 96.0 cm³/mol. The van der Waals surface area contributed by atoms with Crippen molar-refractivity contribution in [2.24, 2.45) is 0 Å². The fourth-order valence-electron chi connectivity index (χ4n) is 1.90. The van der Waals surface area contributed by atoms with Crippen LogP contribution in [0.25, 0.3) is 0 Å². The highest BCUT2D eigenvalue weighted by Gasteiger charge is 2.22. The van der Waals surface area contributed by atoms with Crippen LogP contribution in [0.15, 0.2) is 35.4 Å². The van der Waals surface area contributed by atoms with E-state index in [1.54, 1.807) is 6.20 Å². The molecule has 8 nitrogen and oxygen atoms in total. The molecule has 1 atom stereocenters. The van der Waals surface area contributed by atoms with Gasteiger partial charge in [0, 0.05) is 23.7 Å². The number of carbonyl (C=O) groups is 2. The van der Waals surface area contributed by atoms with E-state index in [4.69, 9.17) is 0 Å². The molecule has 2 amide bonds. The monoisotopic (exact) mass is 382 g/mol. The molecule has 0 unspecified atom stereocenters. The minimum Gasteiger partial charge on any atom is -0.326 e. The number of thiazole rings is 1. The Kier molecular flexibility index (Phi) is 5.88. The summed E-state index contributed by atoms with van der Waals surface area (Å²) in [5.74, 6) is -0.760. The topological polar surface area (TPSA) is 117 Å². The Labute approximate surface area is 149 Å². The summed E-state index contributed by atoms with van der Waals surface area (Å²) < 4.78 is 27.0. The molecule has 0 aliphatic rings. The van der Waals surface area contributed by atoms with Gasteiger partial charge >= 0.3 is 0 Å². The van der Waals surface area contributed by atoms with Crippen LogP contribution >= 0.6 is 11.3 Å². The lowest BCUT2D eigenvalue weighted by Gasteiger charge is -2.13. The third-order valence-electron chi connectivity index (χ3n) is 3.06. The van der Waals surface area contributed by atoms with Crippen molar-refractivity contribution in [3.8, 4) is 0 Å². The van der Waals surface area contributed by atoms with E-state index in [-0.39, 0.29) is 10.8 Å². The van der Waals surface area contributed by atoms with Crippen LogP contribution in [-0.4, -0.2) is 31.3 Å². The third-order valence-corrected chi connectivity index (χ3v) is 5.45. The molecule has 25 heavy (non-hydrogen) atoms. The van der Waals surface area contributed by atoms with Gasteiger partial charge < -0.3 is 10.6 Å². The van der Waals surface area contributed by atoms with Gasteiger partial charge in [-0.25, -0.2) is 13.4 Å². The second-order valence-electron chi connectivity index (χ2n) is 5.31. The van der Waals surface area contributed by atoms with Gasteiger partial charge in [-0.1, -0.05) is 0 Å². The quantitative estimate of drug-likeness (QED) is 0.703. The molecule has 10 heteroatoms. The van der Waals surface area contributed by atoms with Crippen LogP contribution in [0.1, 0.15) is 18.7 Å². The van der Waals surface area contributed by atoms with E-state index in [9.17, 15) is 18.0 Å². The summed E-state index contributed by atoms with van der Waals surface area (Å²) in [5.41, 5.74) is 0.483. The first-order valence-corrected chi connectivity index (χ1v) is 9.60. The smallest absolute Gasteiger partial charge is 0.244 e. The first-order valence-electron chi connectivity index (χ1n) is 7.30. The molecule has 2 aromatic rings. The summed E-state index contributed by atoms with van der Waals surface area (Å²) in [7, 11) is -3.88. The Morgan fingerprint density at radius 3 is 2.32 bits per heavy atom. The van der Waals surface area contributed by atoms with Gasteiger partial charge in [-0.15, -0.1) is 11.3 Å². The summed E-state index contributed by atoms with van der Waals surface area (Å²) in [6.07, 6.45) is 1.62. The van der Waals surface area contributed by atoms with Gasteiger partial charge in [0.2, 0.25) is 21.8 Å². The average Bonchev–Trinajstić information content (AvgIpc) is 2.91. The van der Waals surface area contributed by atoms with E-state index in [1.807, 2.05) is 6.92 Å². The number of aromatic nitrogens is 1. The van der Waals surface area contributed by atoms with Crippen LogP contribution in [0, 0.1) is 6.92 Å². The lowest BCUT2D eigenvalue weighted by molar-refractivity contribution is -0.117. The molecule has 1 aromatic heterocycles. The number of amides is 2. The molecule has 1 heterocycles. The summed E-state index contributed by atoms with van der Waals surface area (Å²) >= 11 is 1.30. The number of hydrogen-bond donors (Lipinski definition) is 3. The van der Waals surface area contributed by atoms with Crippen LogP contribution in [0.4, 0.5) is 10.8 Å². The maximum atomic E-state index is 12.3. The number of nitrogens with one attached hydrogen (secondary N) is 3. The molecule has 2 rings (SSSR count). The lowest BCUT2D eigenvalue weighted by atomic mass is 10.3. The molecule has 1 aromatic carbocycles. The van der Waals surface area contributed by atoms with Crippen molar-refractivity contribution in [1.29, 1.82) is 0 Å². The predicted octanol–water partition coefficient (Wildman–Crippen LogP) is 1.72. The Hall–Kier alpha value is -2.30. The Morgan fingerprint density at radius 2 is 1.80 bits per heavy atom. The zero-order valence-electron chi connectivity index (χ0n) is 13.9. The van der Waals surface area contributed by atoms with Crippen molar-refractivity contribution < 1.29 is 18.0 Å². The molecule has 0 fully saturated rings. The van der Waals surface area contributed by atoms with Gasteiger partial charge in [0.25, 0.3) is 0 Å². The number of benzene rings is 1. The van der Waals surface area contributed by atoms with Gasteiger partial charge in [-0.05, 0) is 38.1 Å². The summed E-state index contributed by atoms with van der Waals surface area (Å²) in [6.45, 7) is 4.65. The van der Waals surface area contributed by atoms with Crippen LogP contribution in [0.2, 0.25) is 0 Å². The fraction of sp³-hybridized carbons (Fsp3) is 0.267. The van der Waals surface area contributed by atoms with Crippen molar-refractivity contribution in [2.75, 3.05) is 10.6 Å². The minimum absolute atomic E-state index is 0.00801. The normalized spacial score (nSPS) is 12.4. The largest absolute Gasteiger partial charge is 0.326 e. The van der Waals surface area contributed by atoms with E-state index in [1.165, 1.54) is 49.4 Å². The number of anilines is 2.